The van der Waals surface area contributed by atoms with Crippen molar-refractivity contribution >= 4 is 23.5 Å². The van der Waals surface area contributed by atoms with E-state index in [9.17, 15) is 19.2 Å². The number of hydrogen-bond acceptors (Lipinski definition) is 6. The number of nitrogens with one attached hydrogen (secondary N) is 2. The number of amides is 3. The molecule has 8 nitrogen and oxygen atoms in total. The van der Waals surface area contributed by atoms with Crippen LogP contribution in [0.5, 0.6) is 0 Å². The lowest BCUT2D eigenvalue weighted by Gasteiger charge is -2.28. The fourth-order valence-electron chi connectivity index (χ4n) is 4.78. The third kappa shape index (κ3) is 9.18. The molecule has 0 spiro atoms. The van der Waals surface area contributed by atoms with Gasteiger partial charge in [0.25, 0.3) is 0 Å². The van der Waals surface area contributed by atoms with Crippen LogP contribution in [-0.4, -0.2) is 48.8 Å². The quantitative estimate of drug-likeness (QED) is 0.374. The summed E-state index contributed by atoms with van der Waals surface area (Å²) in [6.07, 6.45) is 12.8. The zero-order valence-corrected chi connectivity index (χ0v) is 21.4. The van der Waals surface area contributed by atoms with Crippen molar-refractivity contribution in [3.8, 4) is 0 Å². The summed E-state index contributed by atoms with van der Waals surface area (Å²) in [6, 6.07) is -0.738. The zero-order chi connectivity index (χ0) is 26.0. The van der Waals surface area contributed by atoms with E-state index >= 15 is 0 Å². The van der Waals surface area contributed by atoms with Gasteiger partial charge in [-0.1, -0.05) is 43.7 Å². The van der Waals surface area contributed by atoms with Crippen molar-refractivity contribution in [3.63, 3.8) is 0 Å². The molecule has 2 rings (SSSR count). The first kappa shape index (κ1) is 28.7. The number of carbonyl (C=O) groups excluding carboxylic acids is 4. The molecule has 5 atom stereocenters. The highest BCUT2D eigenvalue weighted by molar-refractivity contribution is 5.97. The van der Waals surface area contributed by atoms with Gasteiger partial charge in [-0.05, 0) is 50.5 Å². The zero-order valence-electron chi connectivity index (χ0n) is 21.4. The van der Waals surface area contributed by atoms with E-state index in [4.69, 9.17) is 10.5 Å². The van der Waals surface area contributed by atoms with Gasteiger partial charge in [0.05, 0.1) is 12.1 Å². The van der Waals surface area contributed by atoms with E-state index in [1.165, 1.54) is 6.08 Å². The smallest absolute Gasteiger partial charge is 0.244 e. The Labute approximate surface area is 208 Å². The van der Waals surface area contributed by atoms with Crippen molar-refractivity contribution < 1.29 is 23.9 Å². The first-order valence-electron chi connectivity index (χ1n) is 12.6. The number of ketones is 1. The second-order valence-corrected chi connectivity index (χ2v) is 9.83. The Kier molecular flexibility index (Phi) is 11.5. The lowest BCUT2D eigenvalue weighted by Crippen LogP contribution is -2.44. The fourth-order valence-corrected chi connectivity index (χ4v) is 4.78. The lowest BCUT2D eigenvalue weighted by molar-refractivity contribution is -0.135. The van der Waals surface area contributed by atoms with E-state index in [1.54, 1.807) is 7.11 Å². The number of hydrogen-bond donors (Lipinski definition) is 3. The summed E-state index contributed by atoms with van der Waals surface area (Å²) in [5.41, 5.74) is 7.34. The number of ether oxygens (including phenoxy) is 1. The van der Waals surface area contributed by atoms with Gasteiger partial charge < -0.3 is 15.8 Å². The average molecular weight is 488 g/mol. The maximum atomic E-state index is 13.1. The summed E-state index contributed by atoms with van der Waals surface area (Å²) in [7, 11) is 1.64. The van der Waals surface area contributed by atoms with Crippen LogP contribution in [0.1, 0.15) is 65.7 Å². The Balaban J connectivity index is 2.11. The first-order valence-corrected chi connectivity index (χ1v) is 12.6. The number of allylic oxidation sites excluding steroid dienone is 2. The topological polar surface area (TPSA) is 128 Å². The van der Waals surface area contributed by atoms with Crippen LogP contribution < -0.4 is 16.4 Å². The predicted molar refractivity (Wildman–Crippen MR) is 135 cm³/mol. The van der Waals surface area contributed by atoms with Gasteiger partial charge in [-0.25, -0.2) is 0 Å². The van der Waals surface area contributed by atoms with E-state index in [2.05, 4.69) is 10.6 Å². The van der Waals surface area contributed by atoms with E-state index in [0.717, 1.165) is 12.0 Å². The number of imide groups is 1. The lowest BCUT2D eigenvalue weighted by atomic mass is 9.85. The minimum Gasteiger partial charge on any atom is -0.376 e. The second-order valence-electron chi connectivity index (χ2n) is 9.83. The monoisotopic (exact) mass is 487 g/mol. The Morgan fingerprint density at radius 2 is 1.83 bits per heavy atom. The van der Waals surface area contributed by atoms with Gasteiger partial charge in [-0.3, -0.25) is 24.5 Å². The molecule has 35 heavy (non-hydrogen) atoms. The molecule has 3 amide bonds. The highest BCUT2D eigenvalue weighted by Gasteiger charge is 2.29. The van der Waals surface area contributed by atoms with Crippen molar-refractivity contribution in [2.24, 2.45) is 23.5 Å². The van der Waals surface area contributed by atoms with Crippen LogP contribution in [-0.2, 0) is 23.9 Å². The number of Topliss-reactive ketones (excluding diaryl/α,β-unsaturated/α-hetero) is 1. The Morgan fingerprint density at radius 3 is 2.49 bits per heavy atom. The first-order chi connectivity index (χ1) is 16.6. The molecule has 2 aliphatic heterocycles. The van der Waals surface area contributed by atoms with E-state index < -0.39 is 12.0 Å². The summed E-state index contributed by atoms with van der Waals surface area (Å²) in [4.78, 5) is 48.8. The molecular weight excluding hydrogens is 446 g/mol. The summed E-state index contributed by atoms with van der Waals surface area (Å²) >= 11 is 0. The molecule has 1 saturated heterocycles. The SMILES string of the molecule is CO[C@H]1C=CCCC=CC(=O)NC([C@H](C)C(=O)CCCC2CC(=O)NC(=O)C2)C(C)=C[C@@H](C)[C@@H]1N. The van der Waals surface area contributed by atoms with Gasteiger partial charge in [0.15, 0.2) is 0 Å². The molecule has 1 unspecified atom stereocenters. The van der Waals surface area contributed by atoms with Gasteiger partial charge in [0, 0.05) is 38.3 Å². The van der Waals surface area contributed by atoms with Gasteiger partial charge in [0.1, 0.15) is 5.78 Å². The number of methoxy groups -OCH3 is 1. The highest BCUT2D eigenvalue weighted by atomic mass is 16.5. The summed E-state index contributed by atoms with van der Waals surface area (Å²) in [6.45, 7) is 5.75. The fraction of sp³-hybridized carbons (Fsp3) is 0.630. The summed E-state index contributed by atoms with van der Waals surface area (Å²) in [5, 5.41) is 5.32. The van der Waals surface area contributed by atoms with E-state index in [1.807, 2.05) is 45.1 Å². The summed E-state index contributed by atoms with van der Waals surface area (Å²) < 4.78 is 5.58. The van der Waals surface area contributed by atoms with Crippen LogP contribution in [0.25, 0.3) is 0 Å². The second kappa shape index (κ2) is 14.1. The van der Waals surface area contributed by atoms with E-state index in [0.29, 0.717) is 38.5 Å². The molecule has 8 heteroatoms. The number of rotatable bonds is 7. The molecule has 2 aliphatic rings. The molecule has 0 bridgehead atoms. The maximum Gasteiger partial charge on any atom is 0.244 e. The predicted octanol–water partition coefficient (Wildman–Crippen LogP) is 2.73. The van der Waals surface area contributed by atoms with Gasteiger partial charge in [-0.15, -0.1) is 0 Å². The third-order valence-corrected chi connectivity index (χ3v) is 6.94. The largest absolute Gasteiger partial charge is 0.376 e. The minimum absolute atomic E-state index is 0.0229. The molecule has 0 saturated carbocycles. The van der Waals surface area contributed by atoms with Crippen molar-refractivity contribution in [1.82, 2.24) is 10.6 Å². The van der Waals surface area contributed by atoms with Crippen LogP contribution in [0.4, 0.5) is 0 Å². The molecule has 0 aromatic carbocycles. The van der Waals surface area contributed by atoms with Crippen LogP contribution in [0, 0.1) is 17.8 Å². The molecule has 0 aliphatic carbocycles. The van der Waals surface area contributed by atoms with Gasteiger partial charge in [-0.2, -0.15) is 0 Å². The maximum absolute atomic E-state index is 13.1. The molecular formula is C27H41N3O5. The highest BCUT2D eigenvalue weighted by Crippen LogP contribution is 2.24. The van der Waals surface area contributed by atoms with Crippen molar-refractivity contribution in [1.29, 1.82) is 0 Å². The molecule has 194 valence electrons. The van der Waals surface area contributed by atoms with Crippen LogP contribution in [0.3, 0.4) is 0 Å². The normalized spacial score (nSPS) is 28.0. The Morgan fingerprint density at radius 1 is 1.17 bits per heavy atom. The summed E-state index contributed by atoms with van der Waals surface area (Å²) in [5.74, 6) is -1.20. The van der Waals surface area contributed by atoms with Crippen molar-refractivity contribution in [2.75, 3.05) is 7.11 Å². The van der Waals surface area contributed by atoms with Crippen LogP contribution in [0.15, 0.2) is 36.0 Å². The molecule has 0 radical (unpaired) electrons. The third-order valence-electron chi connectivity index (χ3n) is 6.94. The standard InChI is InChI=1S/C27H41N3O5/c1-17-14-18(2)27(30-23(32)13-8-6-5-7-12-22(35-4)26(17)28)19(3)21(31)11-9-10-20-15-24(33)29-25(34)16-20/h7-8,12-14,17,19-20,22,26-27H,5-6,9-11,15-16,28H2,1-4H3,(H,30,32)(H,29,33,34)/t17-,19-,22+,26+,27?/m1/s1. The molecule has 1 fully saturated rings. The molecule has 0 aromatic rings. The average Bonchev–Trinajstić information content (AvgIpc) is 2.79. The molecule has 2 heterocycles. The van der Waals surface area contributed by atoms with Crippen molar-refractivity contribution in [3.05, 3.63) is 36.0 Å². The molecule has 0 aromatic heterocycles. The van der Waals surface area contributed by atoms with Crippen LogP contribution in [0.2, 0.25) is 0 Å². The van der Waals surface area contributed by atoms with Gasteiger partial charge >= 0.3 is 0 Å². The minimum atomic E-state index is -0.462. The number of piperidine rings is 1. The Bertz CT molecular complexity index is 847. The van der Waals surface area contributed by atoms with Crippen LogP contribution >= 0.6 is 0 Å². The number of carbonyl (C=O) groups is 4. The van der Waals surface area contributed by atoms with Crippen molar-refractivity contribution in [2.45, 2.75) is 83.9 Å². The Hall–Kier alpha value is -2.58. The number of nitrogens with two attached hydrogens (primary N) is 1. The van der Waals surface area contributed by atoms with Gasteiger partial charge in [0.2, 0.25) is 17.7 Å². The molecule has 4 N–H and O–H groups in total. The van der Waals surface area contributed by atoms with E-state index in [-0.39, 0.29) is 47.5 Å².